The number of aliphatic hydroxyl groups excluding tert-OH is 1. The lowest BCUT2D eigenvalue weighted by Gasteiger charge is -2.39. The number of hydrogen-bond acceptors (Lipinski definition) is 2. The van der Waals surface area contributed by atoms with Crippen molar-refractivity contribution in [2.75, 3.05) is 6.54 Å². The third-order valence-corrected chi connectivity index (χ3v) is 3.90. The van der Waals surface area contributed by atoms with Gasteiger partial charge in [0.2, 0.25) is 0 Å². The average Bonchev–Trinajstić information content (AvgIpc) is 2.86. The molecule has 0 saturated carbocycles. The maximum absolute atomic E-state index is 14.1. The highest BCUT2D eigenvalue weighted by Gasteiger charge is 2.65. The van der Waals surface area contributed by atoms with E-state index in [4.69, 9.17) is 0 Å². The number of nitrogens with one attached hydrogen (secondary N) is 1. The van der Waals surface area contributed by atoms with E-state index in [2.05, 4.69) is 5.32 Å². The van der Waals surface area contributed by atoms with Crippen LogP contribution in [0.15, 0.2) is 30.3 Å². The predicted octanol–water partition coefficient (Wildman–Crippen LogP) is 2.92. The Morgan fingerprint density at radius 1 is 1.20 bits per heavy atom. The first kappa shape index (κ1) is 15.3. The molecule has 2 rings (SSSR count). The van der Waals surface area contributed by atoms with Gasteiger partial charge in [-0.2, -0.15) is 17.6 Å². The van der Waals surface area contributed by atoms with Crippen LogP contribution in [0.5, 0.6) is 0 Å². The van der Waals surface area contributed by atoms with Gasteiger partial charge in [-0.25, -0.2) is 0 Å². The van der Waals surface area contributed by atoms with Crippen LogP contribution in [0.4, 0.5) is 17.6 Å². The Balaban J connectivity index is 2.33. The van der Waals surface area contributed by atoms with Crippen LogP contribution < -0.4 is 5.32 Å². The van der Waals surface area contributed by atoms with Crippen molar-refractivity contribution >= 4 is 0 Å². The number of benzene rings is 1. The average molecular weight is 291 g/mol. The van der Waals surface area contributed by atoms with Crippen LogP contribution in [-0.2, 0) is 5.92 Å². The molecule has 0 radical (unpaired) electrons. The zero-order chi connectivity index (χ0) is 15.0. The topological polar surface area (TPSA) is 32.3 Å². The molecule has 1 heterocycles. The molecule has 6 heteroatoms. The summed E-state index contributed by atoms with van der Waals surface area (Å²) in [5, 5.41) is 12.5. The fourth-order valence-electron chi connectivity index (χ4n) is 2.56. The van der Waals surface area contributed by atoms with Crippen LogP contribution in [0, 0.1) is 0 Å². The molecular weight excluding hydrogens is 274 g/mol. The van der Waals surface area contributed by atoms with E-state index in [1.807, 2.05) is 0 Å². The molecule has 2 atom stereocenters. The highest BCUT2D eigenvalue weighted by Crippen LogP contribution is 2.48. The zero-order valence-electron chi connectivity index (χ0n) is 11.0. The summed E-state index contributed by atoms with van der Waals surface area (Å²) in [6.07, 6.45) is -1.66. The first-order valence-electron chi connectivity index (χ1n) is 6.46. The molecule has 1 fully saturated rings. The molecule has 1 aliphatic rings. The van der Waals surface area contributed by atoms with Gasteiger partial charge in [-0.15, -0.1) is 0 Å². The van der Waals surface area contributed by atoms with E-state index in [1.54, 1.807) is 0 Å². The number of hydrogen-bond donors (Lipinski definition) is 2. The Labute approximate surface area is 114 Å². The molecule has 2 N–H and O–H groups in total. The molecule has 0 bridgehead atoms. The fraction of sp³-hybridized carbons (Fsp3) is 0.571. The summed E-state index contributed by atoms with van der Waals surface area (Å²) in [7, 11) is 0. The highest BCUT2D eigenvalue weighted by atomic mass is 19.3. The summed E-state index contributed by atoms with van der Waals surface area (Å²) in [5.41, 5.74) is -2.20. The molecule has 20 heavy (non-hydrogen) atoms. The van der Waals surface area contributed by atoms with Crippen molar-refractivity contribution in [3.63, 3.8) is 0 Å². The molecule has 1 aromatic rings. The van der Waals surface area contributed by atoms with E-state index >= 15 is 0 Å². The monoisotopic (exact) mass is 291 g/mol. The quantitative estimate of drug-likeness (QED) is 0.836. The van der Waals surface area contributed by atoms with Crippen LogP contribution in [0.2, 0.25) is 0 Å². The standard InChI is InChI=1S/C14H17F4NO/c1-12(8-5-9-19-12)11(20)14(17,18)13(15,16)10-6-3-2-4-7-10/h2-4,6-7,11,19-20H,5,8-9H2,1H3/t11-,12-/m0/s1. The van der Waals surface area contributed by atoms with Gasteiger partial charge in [0.15, 0.2) is 0 Å². The van der Waals surface area contributed by atoms with Crippen molar-refractivity contribution in [1.82, 2.24) is 5.32 Å². The van der Waals surface area contributed by atoms with Crippen LogP contribution in [0.25, 0.3) is 0 Å². The third-order valence-electron chi connectivity index (χ3n) is 3.90. The van der Waals surface area contributed by atoms with Gasteiger partial charge in [0.25, 0.3) is 0 Å². The van der Waals surface area contributed by atoms with Crippen molar-refractivity contribution < 1.29 is 22.7 Å². The van der Waals surface area contributed by atoms with Crippen LogP contribution >= 0.6 is 0 Å². The minimum Gasteiger partial charge on any atom is -0.385 e. The molecule has 0 spiro atoms. The fourth-order valence-corrected chi connectivity index (χ4v) is 2.56. The lowest BCUT2D eigenvalue weighted by Crippen LogP contribution is -2.61. The van der Waals surface area contributed by atoms with Gasteiger partial charge in [-0.1, -0.05) is 30.3 Å². The first-order valence-corrected chi connectivity index (χ1v) is 6.46. The largest absolute Gasteiger partial charge is 0.385 e. The van der Waals surface area contributed by atoms with Gasteiger partial charge in [0.1, 0.15) is 6.10 Å². The van der Waals surface area contributed by atoms with Gasteiger partial charge < -0.3 is 10.4 Å². The Kier molecular flexibility index (Phi) is 3.81. The van der Waals surface area contributed by atoms with Crippen LogP contribution in [-0.4, -0.2) is 29.2 Å². The third kappa shape index (κ3) is 2.31. The lowest BCUT2D eigenvalue weighted by molar-refractivity contribution is -0.272. The summed E-state index contributed by atoms with van der Waals surface area (Å²) in [6.45, 7) is 1.78. The Morgan fingerprint density at radius 2 is 1.80 bits per heavy atom. The molecule has 112 valence electrons. The van der Waals surface area contributed by atoms with Gasteiger partial charge >= 0.3 is 11.8 Å². The summed E-state index contributed by atoms with van der Waals surface area (Å²) in [4.78, 5) is 0. The smallest absolute Gasteiger partial charge is 0.341 e. The predicted molar refractivity (Wildman–Crippen MR) is 66.9 cm³/mol. The van der Waals surface area contributed by atoms with Crippen molar-refractivity contribution in [2.24, 2.45) is 0 Å². The summed E-state index contributed by atoms with van der Waals surface area (Å²) in [5.74, 6) is -8.98. The normalized spacial score (nSPS) is 25.7. The van der Waals surface area contributed by atoms with Crippen molar-refractivity contribution in [2.45, 2.75) is 43.3 Å². The summed E-state index contributed by atoms with van der Waals surface area (Å²) < 4.78 is 56.4. The van der Waals surface area contributed by atoms with Gasteiger partial charge in [0, 0.05) is 11.1 Å². The molecule has 0 unspecified atom stereocenters. The first-order chi connectivity index (χ1) is 9.22. The van der Waals surface area contributed by atoms with E-state index < -0.39 is 29.1 Å². The maximum Gasteiger partial charge on any atom is 0.341 e. The number of alkyl halides is 4. The Hall–Kier alpha value is -1.14. The van der Waals surface area contributed by atoms with Crippen molar-refractivity contribution in [3.05, 3.63) is 35.9 Å². The second-order valence-electron chi connectivity index (χ2n) is 5.41. The SMILES string of the molecule is C[C@@]1([C@H](O)C(F)(F)C(F)(F)c2ccccc2)CCCN1. The molecular formula is C14H17F4NO. The van der Waals surface area contributed by atoms with E-state index in [0.29, 0.717) is 13.0 Å². The highest BCUT2D eigenvalue weighted by molar-refractivity contribution is 5.24. The van der Waals surface area contributed by atoms with E-state index in [0.717, 1.165) is 12.1 Å². The van der Waals surface area contributed by atoms with Crippen molar-refractivity contribution in [3.8, 4) is 0 Å². The zero-order valence-corrected chi connectivity index (χ0v) is 11.0. The number of halogens is 4. The van der Waals surface area contributed by atoms with Gasteiger partial charge in [0.05, 0.1) is 0 Å². The molecule has 0 aliphatic carbocycles. The molecule has 1 aromatic carbocycles. The van der Waals surface area contributed by atoms with Gasteiger partial charge in [-0.3, -0.25) is 0 Å². The summed E-state index contributed by atoms with van der Waals surface area (Å²) in [6, 6.07) is 5.87. The maximum atomic E-state index is 14.1. The van der Waals surface area contributed by atoms with E-state index in [-0.39, 0.29) is 6.42 Å². The number of rotatable bonds is 4. The number of aliphatic hydroxyl groups is 1. The van der Waals surface area contributed by atoms with Crippen LogP contribution in [0.3, 0.4) is 0 Å². The minimum atomic E-state index is -4.56. The second kappa shape index (κ2) is 5.00. The van der Waals surface area contributed by atoms with E-state index in [9.17, 15) is 22.7 Å². The minimum absolute atomic E-state index is 0.231. The second-order valence-corrected chi connectivity index (χ2v) is 5.41. The molecule has 1 saturated heterocycles. The molecule has 0 aromatic heterocycles. The Bertz CT molecular complexity index is 458. The molecule has 1 aliphatic heterocycles. The molecule has 0 amide bonds. The van der Waals surface area contributed by atoms with Gasteiger partial charge in [-0.05, 0) is 26.3 Å². The van der Waals surface area contributed by atoms with E-state index in [1.165, 1.54) is 25.1 Å². The van der Waals surface area contributed by atoms with Crippen molar-refractivity contribution in [1.29, 1.82) is 0 Å². The lowest BCUT2D eigenvalue weighted by atomic mass is 9.84. The molecule has 2 nitrogen and oxygen atoms in total. The van der Waals surface area contributed by atoms with Crippen LogP contribution in [0.1, 0.15) is 25.3 Å². The summed E-state index contributed by atoms with van der Waals surface area (Å²) >= 11 is 0. The Morgan fingerprint density at radius 3 is 2.30 bits per heavy atom.